The Balaban J connectivity index is 2.37. The van der Waals surface area contributed by atoms with Crippen LogP contribution in [-0.4, -0.2) is 14.9 Å². The number of rotatable bonds is 4. The molecule has 1 heterocycles. The number of nitrogens with zero attached hydrogens (tertiary/aromatic N) is 3. The fraction of sp³-hybridized carbons (Fsp3) is 0.231. The molecule has 2 aromatic rings. The molecule has 0 unspecified atom stereocenters. The SMILES string of the molecule is CC(C)c1c(Cl)ncnc1Oc1ccc([N+](=O)[O-])c(Cl)c1. The number of ether oxygens (including phenoxy) is 1. The van der Waals surface area contributed by atoms with Gasteiger partial charge in [-0.15, -0.1) is 0 Å². The Morgan fingerprint density at radius 2 is 2.00 bits per heavy atom. The van der Waals surface area contributed by atoms with Crippen LogP contribution in [0.1, 0.15) is 25.3 Å². The van der Waals surface area contributed by atoms with Gasteiger partial charge >= 0.3 is 0 Å². The van der Waals surface area contributed by atoms with Crippen LogP contribution in [0.3, 0.4) is 0 Å². The Morgan fingerprint density at radius 3 is 2.57 bits per heavy atom. The van der Waals surface area contributed by atoms with Crippen molar-refractivity contribution >= 4 is 28.9 Å². The Labute approximate surface area is 130 Å². The van der Waals surface area contributed by atoms with Crippen LogP contribution in [-0.2, 0) is 0 Å². The van der Waals surface area contributed by atoms with E-state index in [0.29, 0.717) is 22.3 Å². The maximum atomic E-state index is 10.7. The van der Waals surface area contributed by atoms with Gasteiger partial charge in [-0.1, -0.05) is 37.0 Å². The molecule has 0 amide bonds. The minimum absolute atomic E-state index is 0.0104. The summed E-state index contributed by atoms with van der Waals surface area (Å²) in [7, 11) is 0. The van der Waals surface area contributed by atoms with E-state index in [4.69, 9.17) is 27.9 Å². The summed E-state index contributed by atoms with van der Waals surface area (Å²) in [5.41, 5.74) is 0.475. The van der Waals surface area contributed by atoms with E-state index in [9.17, 15) is 10.1 Å². The summed E-state index contributed by atoms with van der Waals surface area (Å²) in [6, 6.07) is 4.08. The molecule has 0 aliphatic carbocycles. The molecular formula is C13H11Cl2N3O3. The van der Waals surface area contributed by atoms with E-state index in [1.54, 1.807) is 0 Å². The lowest BCUT2D eigenvalue weighted by atomic mass is 10.1. The maximum Gasteiger partial charge on any atom is 0.288 e. The van der Waals surface area contributed by atoms with E-state index in [2.05, 4.69) is 9.97 Å². The zero-order valence-corrected chi connectivity index (χ0v) is 12.7. The quantitative estimate of drug-likeness (QED) is 0.465. The lowest BCUT2D eigenvalue weighted by Gasteiger charge is -2.13. The van der Waals surface area contributed by atoms with Crippen LogP contribution in [0.2, 0.25) is 10.2 Å². The molecule has 2 rings (SSSR count). The van der Waals surface area contributed by atoms with Gasteiger partial charge in [0.1, 0.15) is 22.3 Å². The van der Waals surface area contributed by atoms with Crippen LogP contribution < -0.4 is 4.74 Å². The van der Waals surface area contributed by atoms with Crippen molar-refractivity contribution in [1.29, 1.82) is 0 Å². The third-order valence-corrected chi connectivity index (χ3v) is 3.31. The van der Waals surface area contributed by atoms with Gasteiger partial charge in [0.15, 0.2) is 0 Å². The van der Waals surface area contributed by atoms with Gasteiger partial charge in [0.25, 0.3) is 5.69 Å². The van der Waals surface area contributed by atoms with Crippen LogP contribution in [0.4, 0.5) is 5.69 Å². The average molecular weight is 328 g/mol. The summed E-state index contributed by atoms with van der Waals surface area (Å²) < 4.78 is 5.62. The van der Waals surface area contributed by atoms with E-state index in [1.165, 1.54) is 24.5 Å². The molecule has 0 aliphatic rings. The van der Waals surface area contributed by atoms with Gasteiger partial charge in [0, 0.05) is 12.1 Å². The third-order valence-electron chi connectivity index (χ3n) is 2.71. The van der Waals surface area contributed by atoms with E-state index in [1.807, 2.05) is 13.8 Å². The van der Waals surface area contributed by atoms with Crippen LogP contribution >= 0.6 is 23.2 Å². The van der Waals surface area contributed by atoms with Crippen molar-refractivity contribution in [3.05, 3.63) is 50.4 Å². The Bertz CT molecular complexity index is 692. The zero-order chi connectivity index (χ0) is 15.6. The number of halogens is 2. The highest BCUT2D eigenvalue weighted by atomic mass is 35.5. The van der Waals surface area contributed by atoms with Gasteiger partial charge in [0.2, 0.25) is 5.88 Å². The molecule has 8 heteroatoms. The Kier molecular flexibility index (Phi) is 4.59. The van der Waals surface area contributed by atoms with Crippen LogP contribution in [0.15, 0.2) is 24.5 Å². The van der Waals surface area contributed by atoms with E-state index < -0.39 is 4.92 Å². The third kappa shape index (κ3) is 3.40. The van der Waals surface area contributed by atoms with Gasteiger partial charge < -0.3 is 4.74 Å². The number of hydrogen-bond donors (Lipinski definition) is 0. The van der Waals surface area contributed by atoms with Crippen molar-refractivity contribution < 1.29 is 9.66 Å². The molecule has 0 fully saturated rings. The van der Waals surface area contributed by atoms with Crippen molar-refractivity contribution in [2.45, 2.75) is 19.8 Å². The lowest BCUT2D eigenvalue weighted by molar-refractivity contribution is -0.384. The van der Waals surface area contributed by atoms with Gasteiger partial charge in [-0.25, -0.2) is 9.97 Å². The van der Waals surface area contributed by atoms with Crippen molar-refractivity contribution in [3.63, 3.8) is 0 Å². The normalized spacial score (nSPS) is 10.7. The highest BCUT2D eigenvalue weighted by molar-refractivity contribution is 6.32. The first-order valence-electron chi connectivity index (χ1n) is 6.02. The molecule has 0 aliphatic heterocycles. The summed E-state index contributed by atoms with van der Waals surface area (Å²) in [5, 5.41) is 11.0. The lowest BCUT2D eigenvalue weighted by Crippen LogP contribution is -2.00. The standard InChI is InChI=1S/C13H11Cl2N3O3/c1-7(2)11-12(15)16-6-17-13(11)21-8-3-4-10(18(19)20)9(14)5-8/h3-7H,1-2H3. The molecule has 0 saturated heterocycles. The second-order valence-electron chi connectivity index (χ2n) is 4.51. The van der Waals surface area contributed by atoms with E-state index >= 15 is 0 Å². The van der Waals surface area contributed by atoms with Crippen LogP contribution in [0.25, 0.3) is 0 Å². The van der Waals surface area contributed by atoms with Gasteiger partial charge in [-0.3, -0.25) is 10.1 Å². The second-order valence-corrected chi connectivity index (χ2v) is 5.28. The molecule has 0 atom stereocenters. The molecule has 110 valence electrons. The molecule has 21 heavy (non-hydrogen) atoms. The summed E-state index contributed by atoms with van der Waals surface area (Å²) >= 11 is 11.9. The molecule has 6 nitrogen and oxygen atoms in total. The first-order valence-corrected chi connectivity index (χ1v) is 6.78. The predicted molar refractivity (Wildman–Crippen MR) is 79.3 cm³/mol. The topological polar surface area (TPSA) is 78.2 Å². The van der Waals surface area contributed by atoms with Crippen molar-refractivity contribution in [2.24, 2.45) is 0 Å². The van der Waals surface area contributed by atoms with E-state index in [0.717, 1.165) is 0 Å². The zero-order valence-electron chi connectivity index (χ0n) is 11.2. The number of nitro groups is 1. The molecule has 0 saturated carbocycles. The molecule has 0 radical (unpaired) electrons. The largest absolute Gasteiger partial charge is 0.439 e. The smallest absolute Gasteiger partial charge is 0.288 e. The minimum Gasteiger partial charge on any atom is -0.439 e. The van der Waals surface area contributed by atoms with Crippen molar-refractivity contribution in [3.8, 4) is 11.6 Å². The average Bonchev–Trinajstić information content (AvgIpc) is 2.37. The highest BCUT2D eigenvalue weighted by Crippen LogP contribution is 2.35. The van der Waals surface area contributed by atoms with Gasteiger partial charge in [-0.05, 0) is 12.0 Å². The molecule has 0 N–H and O–H groups in total. The predicted octanol–water partition coefficient (Wildman–Crippen LogP) is 4.61. The fourth-order valence-corrected chi connectivity index (χ4v) is 2.32. The van der Waals surface area contributed by atoms with Crippen LogP contribution in [0.5, 0.6) is 11.6 Å². The van der Waals surface area contributed by atoms with Crippen LogP contribution in [0, 0.1) is 10.1 Å². The number of benzene rings is 1. The Hall–Kier alpha value is -1.92. The van der Waals surface area contributed by atoms with Gasteiger partial charge in [-0.2, -0.15) is 0 Å². The number of hydrogen-bond acceptors (Lipinski definition) is 5. The first-order chi connectivity index (χ1) is 9.90. The summed E-state index contributed by atoms with van der Waals surface area (Å²) in [6.45, 7) is 3.86. The first kappa shape index (κ1) is 15.5. The maximum absolute atomic E-state index is 10.7. The second kappa shape index (κ2) is 6.24. The fourth-order valence-electron chi connectivity index (χ4n) is 1.74. The van der Waals surface area contributed by atoms with E-state index in [-0.39, 0.29) is 16.6 Å². The summed E-state index contributed by atoms with van der Waals surface area (Å²) in [6.07, 6.45) is 1.29. The molecular weight excluding hydrogens is 317 g/mol. The Morgan fingerprint density at radius 1 is 1.29 bits per heavy atom. The molecule has 0 bridgehead atoms. The molecule has 1 aromatic carbocycles. The summed E-state index contributed by atoms with van der Waals surface area (Å²) in [5.74, 6) is 0.694. The van der Waals surface area contributed by atoms with Gasteiger partial charge in [0.05, 0.1) is 10.5 Å². The van der Waals surface area contributed by atoms with Crippen molar-refractivity contribution in [1.82, 2.24) is 9.97 Å². The van der Waals surface area contributed by atoms with Crippen molar-refractivity contribution in [2.75, 3.05) is 0 Å². The summed E-state index contributed by atoms with van der Waals surface area (Å²) in [4.78, 5) is 18.1. The number of nitro benzene ring substituents is 1. The highest BCUT2D eigenvalue weighted by Gasteiger charge is 2.17. The molecule has 0 spiro atoms. The number of aromatic nitrogens is 2. The molecule has 1 aromatic heterocycles. The minimum atomic E-state index is -0.562. The monoisotopic (exact) mass is 327 g/mol.